The van der Waals surface area contributed by atoms with E-state index in [0.29, 0.717) is 5.69 Å². The van der Waals surface area contributed by atoms with E-state index in [1.54, 1.807) is 36.4 Å². The number of aromatic nitrogens is 2. The monoisotopic (exact) mass is 361 g/mol. The Hall–Kier alpha value is -2.80. The Balaban J connectivity index is 2.34. The summed E-state index contributed by atoms with van der Waals surface area (Å²) in [4.78, 5) is 13.0. The Labute approximate surface area is 148 Å². The van der Waals surface area contributed by atoms with Crippen LogP contribution >= 0.6 is 0 Å². The van der Waals surface area contributed by atoms with Gasteiger partial charge in [-0.25, -0.2) is 4.68 Å². The number of aryl methyl sites for hydroxylation is 1. The molecule has 3 N–H and O–H groups in total. The number of aromatic amines is 1. The van der Waals surface area contributed by atoms with Crippen molar-refractivity contribution in [2.45, 2.75) is 18.5 Å². The van der Waals surface area contributed by atoms with Gasteiger partial charge in [-0.15, -0.1) is 0 Å². The molecule has 0 aliphatic heterocycles. The molecule has 0 fully saturated rings. The Morgan fingerprint density at radius 2 is 1.54 bits per heavy atom. The number of hydrogen-bond donors (Lipinski definition) is 2. The van der Waals surface area contributed by atoms with E-state index >= 15 is 0 Å². The SMILES string of the molecule is Cc1[nH]n(-c2ccccc2)c(=O)c1C(CN)(c1ccccc1)C(F)(F)F. The molecule has 0 amide bonds. The zero-order chi connectivity index (χ0) is 18.9. The maximum Gasteiger partial charge on any atom is 0.403 e. The van der Waals surface area contributed by atoms with Crippen LogP contribution < -0.4 is 11.3 Å². The third-order valence-electron chi connectivity index (χ3n) is 4.57. The minimum absolute atomic E-state index is 0.0607. The van der Waals surface area contributed by atoms with Gasteiger partial charge in [0.25, 0.3) is 5.56 Å². The Bertz CT molecular complexity index is 946. The molecule has 0 saturated heterocycles. The van der Waals surface area contributed by atoms with E-state index in [1.807, 2.05) is 0 Å². The van der Waals surface area contributed by atoms with Crippen molar-refractivity contribution in [2.75, 3.05) is 6.54 Å². The zero-order valence-electron chi connectivity index (χ0n) is 14.0. The molecule has 2 aromatic carbocycles. The zero-order valence-corrected chi connectivity index (χ0v) is 14.0. The van der Waals surface area contributed by atoms with E-state index < -0.39 is 23.7 Å². The number of nitrogens with one attached hydrogen (secondary N) is 1. The highest BCUT2D eigenvalue weighted by atomic mass is 19.4. The number of hydrogen-bond acceptors (Lipinski definition) is 2. The summed E-state index contributed by atoms with van der Waals surface area (Å²) >= 11 is 0. The molecule has 0 saturated carbocycles. The summed E-state index contributed by atoms with van der Waals surface area (Å²) in [6.45, 7) is 0.679. The standard InChI is InChI=1S/C19H18F3N3O/c1-13-16(17(26)25(24-13)15-10-6-3-7-11-15)18(12-23,19(20,21)22)14-8-4-2-5-9-14/h2-11,24H,12,23H2,1H3. The average molecular weight is 361 g/mol. The number of para-hydroxylation sites is 1. The van der Waals surface area contributed by atoms with E-state index in [1.165, 1.54) is 31.2 Å². The normalized spacial score (nSPS) is 14.2. The molecule has 0 radical (unpaired) electrons. The van der Waals surface area contributed by atoms with Gasteiger partial charge in [0.2, 0.25) is 0 Å². The van der Waals surface area contributed by atoms with Crippen LogP contribution in [0, 0.1) is 6.92 Å². The summed E-state index contributed by atoms with van der Waals surface area (Å²) in [5, 5.41) is 2.76. The van der Waals surface area contributed by atoms with Crippen molar-refractivity contribution in [3.63, 3.8) is 0 Å². The molecule has 3 aromatic rings. The van der Waals surface area contributed by atoms with E-state index in [9.17, 15) is 18.0 Å². The van der Waals surface area contributed by atoms with Gasteiger partial charge in [0.05, 0.1) is 11.3 Å². The van der Waals surface area contributed by atoms with Crippen LogP contribution in [0.15, 0.2) is 65.5 Å². The van der Waals surface area contributed by atoms with Crippen molar-refractivity contribution < 1.29 is 13.2 Å². The van der Waals surface area contributed by atoms with E-state index in [4.69, 9.17) is 5.73 Å². The predicted molar refractivity (Wildman–Crippen MR) is 93.5 cm³/mol. The predicted octanol–water partition coefficient (Wildman–Crippen LogP) is 3.28. The lowest BCUT2D eigenvalue weighted by Gasteiger charge is -2.34. The van der Waals surface area contributed by atoms with Gasteiger partial charge in [-0.3, -0.25) is 9.89 Å². The maximum atomic E-state index is 14.3. The summed E-state index contributed by atoms with van der Waals surface area (Å²) in [6, 6.07) is 15.8. The van der Waals surface area contributed by atoms with Crippen LogP contribution in [0.1, 0.15) is 16.8 Å². The van der Waals surface area contributed by atoms with Gasteiger partial charge in [0.15, 0.2) is 0 Å². The largest absolute Gasteiger partial charge is 0.403 e. The highest BCUT2D eigenvalue weighted by Gasteiger charge is 2.58. The molecule has 1 aromatic heterocycles. The fraction of sp³-hybridized carbons (Fsp3) is 0.211. The van der Waals surface area contributed by atoms with E-state index in [2.05, 4.69) is 5.10 Å². The van der Waals surface area contributed by atoms with Crippen molar-refractivity contribution in [1.29, 1.82) is 0 Å². The first kappa shape index (κ1) is 18.0. The summed E-state index contributed by atoms with van der Waals surface area (Å²) < 4.78 is 43.9. The van der Waals surface area contributed by atoms with Gasteiger partial charge < -0.3 is 5.73 Å². The van der Waals surface area contributed by atoms with Crippen molar-refractivity contribution in [2.24, 2.45) is 5.73 Å². The van der Waals surface area contributed by atoms with Gasteiger partial charge >= 0.3 is 6.18 Å². The van der Waals surface area contributed by atoms with Crippen LogP contribution in [-0.2, 0) is 5.41 Å². The molecule has 7 heteroatoms. The minimum Gasteiger partial charge on any atom is -0.329 e. The Morgan fingerprint density at radius 1 is 1.00 bits per heavy atom. The molecule has 1 atom stereocenters. The first-order chi connectivity index (χ1) is 12.3. The second-order valence-corrected chi connectivity index (χ2v) is 6.06. The summed E-state index contributed by atoms with van der Waals surface area (Å²) in [6.07, 6.45) is -4.75. The topological polar surface area (TPSA) is 63.8 Å². The summed E-state index contributed by atoms with van der Waals surface area (Å²) in [5.74, 6) is 0. The molecule has 1 heterocycles. The molecule has 0 spiro atoms. The van der Waals surface area contributed by atoms with Gasteiger partial charge in [-0.05, 0) is 24.6 Å². The van der Waals surface area contributed by atoms with Crippen molar-refractivity contribution >= 4 is 0 Å². The van der Waals surface area contributed by atoms with Gasteiger partial charge in [0, 0.05) is 12.2 Å². The molecular formula is C19H18F3N3O. The van der Waals surface area contributed by atoms with Crippen LogP contribution in [0.2, 0.25) is 0 Å². The first-order valence-corrected chi connectivity index (χ1v) is 8.03. The number of halogens is 3. The Kier molecular flexibility index (Phi) is 4.50. The smallest absolute Gasteiger partial charge is 0.329 e. The number of benzene rings is 2. The van der Waals surface area contributed by atoms with Gasteiger partial charge in [0.1, 0.15) is 5.41 Å². The van der Waals surface area contributed by atoms with Gasteiger partial charge in [-0.1, -0.05) is 48.5 Å². The lowest BCUT2D eigenvalue weighted by atomic mass is 9.73. The van der Waals surface area contributed by atoms with Crippen LogP contribution in [-0.4, -0.2) is 22.5 Å². The summed E-state index contributed by atoms with van der Waals surface area (Å²) in [7, 11) is 0. The van der Waals surface area contributed by atoms with Crippen molar-refractivity contribution in [3.05, 3.63) is 87.8 Å². The molecule has 136 valence electrons. The average Bonchev–Trinajstić information content (AvgIpc) is 2.92. The van der Waals surface area contributed by atoms with Crippen LogP contribution in [0.3, 0.4) is 0 Å². The number of nitrogens with zero attached hydrogens (tertiary/aromatic N) is 1. The third-order valence-corrected chi connectivity index (χ3v) is 4.57. The molecule has 1 unspecified atom stereocenters. The van der Waals surface area contributed by atoms with E-state index in [0.717, 1.165) is 4.68 Å². The lowest BCUT2D eigenvalue weighted by molar-refractivity contribution is -0.175. The quantitative estimate of drug-likeness (QED) is 0.749. The molecule has 26 heavy (non-hydrogen) atoms. The highest BCUT2D eigenvalue weighted by Crippen LogP contribution is 2.45. The lowest BCUT2D eigenvalue weighted by Crippen LogP contribution is -2.52. The van der Waals surface area contributed by atoms with Crippen molar-refractivity contribution in [3.8, 4) is 5.69 Å². The molecule has 0 bridgehead atoms. The van der Waals surface area contributed by atoms with E-state index in [-0.39, 0.29) is 16.8 Å². The molecule has 4 nitrogen and oxygen atoms in total. The molecule has 0 aliphatic carbocycles. The molecular weight excluding hydrogens is 343 g/mol. The minimum atomic E-state index is -4.75. The summed E-state index contributed by atoms with van der Waals surface area (Å²) in [5.41, 5.74) is 2.44. The Morgan fingerprint density at radius 3 is 2.04 bits per heavy atom. The van der Waals surface area contributed by atoms with Crippen molar-refractivity contribution in [1.82, 2.24) is 9.78 Å². The third kappa shape index (κ3) is 2.64. The number of nitrogens with two attached hydrogens (primary N) is 1. The molecule has 3 rings (SSSR count). The number of rotatable bonds is 4. The maximum absolute atomic E-state index is 14.3. The van der Waals surface area contributed by atoms with Crippen LogP contribution in [0.5, 0.6) is 0 Å². The second-order valence-electron chi connectivity index (χ2n) is 6.06. The van der Waals surface area contributed by atoms with Crippen LogP contribution in [0.25, 0.3) is 5.69 Å². The fourth-order valence-corrected chi connectivity index (χ4v) is 3.32. The highest BCUT2D eigenvalue weighted by molar-refractivity contribution is 5.45. The second kappa shape index (κ2) is 6.49. The van der Waals surface area contributed by atoms with Gasteiger partial charge in [-0.2, -0.15) is 13.2 Å². The fourth-order valence-electron chi connectivity index (χ4n) is 3.32. The number of H-pyrrole nitrogens is 1. The number of alkyl halides is 3. The first-order valence-electron chi connectivity index (χ1n) is 8.03. The van der Waals surface area contributed by atoms with Crippen LogP contribution in [0.4, 0.5) is 13.2 Å². The molecule has 0 aliphatic rings.